The van der Waals surface area contributed by atoms with E-state index < -0.39 is 35.2 Å². The van der Waals surface area contributed by atoms with Crippen molar-refractivity contribution in [3.8, 4) is 0 Å². The fraction of sp³-hybridized carbons (Fsp3) is 0.565. The minimum atomic E-state index is -4.82. The van der Waals surface area contributed by atoms with Crippen molar-refractivity contribution in [2.45, 2.75) is 56.0 Å². The van der Waals surface area contributed by atoms with Gasteiger partial charge in [-0.1, -0.05) is 12.1 Å². The molecule has 1 fully saturated rings. The maximum atomic E-state index is 14.3. The van der Waals surface area contributed by atoms with Crippen LogP contribution in [-0.2, 0) is 9.53 Å². The van der Waals surface area contributed by atoms with Crippen molar-refractivity contribution in [3.63, 3.8) is 0 Å². The summed E-state index contributed by atoms with van der Waals surface area (Å²) in [6.45, 7) is 1.27. The molecule has 10 heteroatoms. The van der Waals surface area contributed by atoms with Gasteiger partial charge in [0.25, 0.3) is 0 Å². The van der Waals surface area contributed by atoms with Crippen LogP contribution in [0.4, 0.5) is 13.2 Å². The molecule has 0 saturated heterocycles. The number of amides is 1. The van der Waals surface area contributed by atoms with Crippen molar-refractivity contribution in [1.82, 2.24) is 15.5 Å². The van der Waals surface area contributed by atoms with E-state index in [-0.39, 0.29) is 19.1 Å². The number of fused-ring (bicyclic) bond motifs is 1. The summed E-state index contributed by atoms with van der Waals surface area (Å²) in [5.41, 5.74) is 2.82. The predicted octanol–water partition coefficient (Wildman–Crippen LogP) is 3.12. The Morgan fingerprint density at radius 1 is 1.30 bits per heavy atom. The molecule has 5 N–H and O–H groups in total. The quantitative estimate of drug-likeness (QED) is 0.489. The first-order chi connectivity index (χ1) is 15.7. The van der Waals surface area contributed by atoms with Crippen LogP contribution < -0.4 is 11.1 Å². The number of rotatable bonds is 6. The molecule has 1 saturated carbocycles. The second kappa shape index (κ2) is 8.73. The molecule has 4 rings (SSSR count). The van der Waals surface area contributed by atoms with Crippen LogP contribution in [-0.4, -0.2) is 51.9 Å². The van der Waals surface area contributed by atoms with Gasteiger partial charge in [-0.3, -0.25) is 15.2 Å². The van der Waals surface area contributed by atoms with Gasteiger partial charge in [0, 0.05) is 24.5 Å². The Labute approximate surface area is 189 Å². The van der Waals surface area contributed by atoms with Gasteiger partial charge in [0.05, 0.1) is 11.7 Å². The largest absolute Gasteiger partial charge is 0.435 e. The summed E-state index contributed by atoms with van der Waals surface area (Å²) in [6, 6.07) is 5.37. The SMILES string of the molecule is CCOC1(C(F)(F)F)C=CC(c2ccc3[nH]ncc3c2)C(C(N)=O)(C2CCC(CO)CC2)N1. The number of nitrogens with two attached hydrogens (primary N) is 1. The van der Waals surface area contributed by atoms with Crippen LogP contribution in [0.3, 0.4) is 0 Å². The number of primary amides is 1. The molecule has 2 aliphatic rings. The van der Waals surface area contributed by atoms with Crippen LogP contribution in [0, 0.1) is 11.8 Å². The number of aromatic nitrogens is 2. The summed E-state index contributed by atoms with van der Waals surface area (Å²) in [5, 5.41) is 19.8. The Bertz CT molecular complexity index is 1030. The zero-order valence-corrected chi connectivity index (χ0v) is 18.4. The second-order valence-electron chi connectivity index (χ2n) is 8.98. The number of hydrogen-bond acceptors (Lipinski definition) is 5. The van der Waals surface area contributed by atoms with Gasteiger partial charge in [-0.15, -0.1) is 0 Å². The lowest BCUT2D eigenvalue weighted by atomic mass is 9.62. The first-order valence-corrected chi connectivity index (χ1v) is 11.2. The van der Waals surface area contributed by atoms with Gasteiger partial charge < -0.3 is 15.6 Å². The third-order valence-electron chi connectivity index (χ3n) is 7.18. The molecule has 180 valence electrons. The lowest BCUT2D eigenvalue weighted by Gasteiger charge is -2.53. The summed E-state index contributed by atoms with van der Waals surface area (Å²) in [7, 11) is 0. The normalized spacial score (nSPS) is 32.8. The Morgan fingerprint density at radius 2 is 2.03 bits per heavy atom. The van der Waals surface area contributed by atoms with Crippen LogP contribution in [0.5, 0.6) is 0 Å². The highest BCUT2D eigenvalue weighted by Crippen LogP contribution is 2.49. The van der Waals surface area contributed by atoms with Gasteiger partial charge in [-0.25, -0.2) is 0 Å². The minimum absolute atomic E-state index is 0.00957. The van der Waals surface area contributed by atoms with Gasteiger partial charge in [0.2, 0.25) is 11.6 Å². The lowest BCUT2D eigenvalue weighted by Crippen LogP contribution is -2.75. The predicted molar refractivity (Wildman–Crippen MR) is 116 cm³/mol. The molecule has 3 unspecified atom stereocenters. The van der Waals surface area contributed by atoms with Gasteiger partial charge in [0.1, 0.15) is 5.54 Å². The molecule has 1 aromatic heterocycles. The van der Waals surface area contributed by atoms with E-state index in [9.17, 15) is 23.1 Å². The van der Waals surface area contributed by atoms with E-state index in [1.54, 1.807) is 18.3 Å². The topological polar surface area (TPSA) is 113 Å². The zero-order valence-electron chi connectivity index (χ0n) is 18.4. The van der Waals surface area contributed by atoms with Crippen LogP contribution >= 0.6 is 0 Å². The van der Waals surface area contributed by atoms with E-state index in [4.69, 9.17) is 10.5 Å². The highest BCUT2D eigenvalue weighted by Gasteiger charge is 2.64. The monoisotopic (exact) mass is 466 g/mol. The number of nitrogens with zero attached hydrogens (tertiary/aromatic N) is 1. The first-order valence-electron chi connectivity index (χ1n) is 11.2. The number of aliphatic hydroxyl groups excluding tert-OH is 1. The smallest absolute Gasteiger partial charge is 0.396 e. The van der Waals surface area contributed by atoms with Crippen LogP contribution in [0.1, 0.15) is 44.1 Å². The molecule has 1 aliphatic carbocycles. The van der Waals surface area contributed by atoms with E-state index in [0.29, 0.717) is 31.2 Å². The number of carbonyl (C=O) groups is 1. The van der Waals surface area contributed by atoms with Crippen LogP contribution in [0.25, 0.3) is 10.9 Å². The van der Waals surface area contributed by atoms with Crippen molar-refractivity contribution < 1.29 is 27.8 Å². The summed E-state index contributed by atoms with van der Waals surface area (Å²) < 4.78 is 48.2. The summed E-state index contributed by atoms with van der Waals surface area (Å²) in [6.07, 6.45) is 1.29. The molecule has 7 nitrogen and oxygen atoms in total. The van der Waals surface area contributed by atoms with Gasteiger partial charge in [0.15, 0.2) is 0 Å². The van der Waals surface area contributed by atoms with E-state index in [1.165, 1.54) is 13.0 Å². The molecule has 0 bridgehead atoms. The number of benzene rings is 1. The minimum Gasteiger partial charge on any atom is -0.396 e. The van der Waals surface area contributed by atoms with Crippen molar-refractivity contribution >= 4 is 16.8 Å². The highest BCUT2D eigenvalue weighted by atomic mass is 19.4. The third kappa shape index (κ3) is 3.94. The molecule has 3 atom stereocenters. The number of alkyl halides is 3. The molecule has 1 aliphatic heterocycles. The Kier molecular flexibility index (Phi) is 6.28. The average Bonchev–Trinajstić information content (AvgIpc) is 3.26. The van der Waals surface area contributed by atoms with Gasteiger partial charge in [-0.05, 0) is 68.2 Å². The number of aliphatic hydroxyl groups is 1. The highest BCUT2D eigenvalue weighted by molar-refractivity contribution is 5.88. The number of aromatic amines is 1. The third-order valence-corrected chi connectivity index (χ3v) is 7.18. The molecule has 0 spiro atoms. The van der Waals surface area contributed by atoms with Gasteiger partial charge in [-0.2, -0.15) is 18.3 Å². The van der Waals surface area contributed by atoms with Crippen molar-refractivity contribution in [2.75, 3.05) is 13.2 Å². The summed E-state index contributed by atoms with van der Waals surface area (Å²) in [5.74, 6) is -2.02. The number of halogens is 3. The number of hydrogen-bond donors (Lipinski definition) is 4. The standard InChI is InChI=1S/C23H29F3N4O3/c1-2-33-21(23(24,25)26)10-9-18(15-5-8-19-16(11-15)12-28-29-19)22(30-21,20(27)32)17-6-3-14(13-31)4-7-17/h5,8-12,14,17-18,30-31H,2-4,6-7,13H2,1H3,(H2,27,32)(H,28,29). The lowest BCUT2D eigenvalue weighted by molar-refractivity contribution is -0.279. The summed E-state index contributed by atoms with van der Waals surface area (Å²) >= 11 is 0. The van der Waals surface area contributed by atoms with E-state index >= 15 is 0 Å². The van der Waals surface area contributed by atoms with Crippen LogP contribution in [0.15, 0.2) is 36.5 Å². The average molecular weight is 467 g/mol. The number of carbonyl (C=O) groups excluding carboxylic acids is 1. The number of ether oxygens (including phenoxy) is 1. The molecule has 1 amide bonds. The fourth-order valence-electron chi connectivity index (χ4n) is 5.47. The zero-order chi connectivity index (χ0) is 23.9. The molecule has 0 radical (unpaired) electrons. The Hall–Kier alpha value is -2.43. The van der Waals surface area contributed by atoms with Crippen LogP contribution in [0.2, 0.25) is 0 Å². The molecular formula is C23H29F3N4O3. The molecular weight excluding hydrogens is 437 g/mol. The Balaban J connectivity index is 1.88. The van der Waals surface area contributed by atoms with Crippen molar-refractivity contribution in [3.05, 3.63) is 42.1 Å². The van der Waals surface area contributed by atoms with E-state index in [2.05, 4.69) is 15.5 Å². The van der Waals surface area contributed by atoms with Gasteiger partial charge >= 0.3 is 6.18 Å². The fourth-order valence-corrected chi connectivity index (χ4v) is 5.47. The van der Waals surface area contributed by atoms with Crippen molar-refractivity contribution in [1.29, 1.82) is 0 Å². The van der Waals surface area contributed by atoms with E-state index in [0.717, 1.165) is 17.0 Å². The first kappa shape index (κ1) is 23.7. The molecule has 33 heavy (non-hydrogen) atoms. The van der Waals surface area contributed by atoms with E-state index in [1.807, 2.05) is 6.07 Å². The maximum Gasteiger partial charge on any atom is 0.435 e. The van der Waals surface area contributed by atoms with Crippen molar-refractivity contribution in [2.24, 2.45) is 17.6 Å². The number of nitrogens with one attached hydrogen (secondary N) is 2. The Morgan fingerprint density at radius 3 is 2.64 bits per heavy atom. The number of H-pyrrole nitrogens is 1. The molecule has 2 aromatic rings. The summed E-state index contributed by atoms with van der Waals surface area (Å²) in [4.78, 5) is 13.2. The molecule has 1 aromatic carbocycles. The molecule has 2 heterocycles. The second-order valence-corrected chi connectivity index (χ2v) is 8.98. The maximum absolute atomic E-state index is 14.3.